The summed E-state index contributed by atoms with van der Waals surface area (Å²) in [6, 6.07) is 7.89. The predicted molar refractivity (Wildman–Crippen MR) is 90.3 cm³/mol. The lowest BCUT2D eigenvalue weighted by Crippen LogP contribution is -2.11. The summed E-state index contributed by atoms with van der Waals surface area (Å²) >= 11 is 0. The number of aromatic nitrogens is 2. The van der Waals surface area contributed by atoms with Crippen LogP contribution in [0.4, 0.5) is 5.69 Å². The van der Waals surface area contributed by atoms with Gasteiger partial charge in [0, 0.05) is 18.0 Å². The fraction of sp³-hybridized carbons (Fsp3) is 0.412. The van der Waals surface area contributed by atoms with E-state index in [-0.39, 0.29) is 5.92 Å². The third-order valence-corrected chi connectivity index (χ3v) is 3.38. The van der Waals surface area contributed by atoms with E-state index in [0.717, 1.165) is 41.5 Å². The number of methoxy groups -OCH3 is 1. The maximum atomic E-state index is 5.56. The van der Waals surface area contributed by atoms with Crippen LogP contribution in [-0.4, -0.2) is 30.2 Å². The average molecular weight is 300 g/mol. The van der Waals surface area contributed by atoms with Crippen molar-refractivity contribution in [1.29, 1.82) is 0 Å². The molecular weight excluding hydrogens is 276 g/mol. The Labute approximate surface area is 131 Å². The molecule has 3 N–H and O–H groups in total. The molecule has 2 rings (SSSR count). The van der Waals surface area contributed by atoms with Crippen molar-refractivity contribution >= 4 is 5.69 Å². The van der Waals surface area contributed by atoms with Crippen LogP contribution in [0.1, 0.15) is 32.0 Å². The minimum Gasteiger partial charge on any atom is -0.496 e. The van der Waals surface area contributed by atoms with Crippen molar-refractivity contribution in [3.8, 4) is 17.0 Å². The third-order valence-electron chi connectivity index (χ3n) is 3.38. The summed E-state index contributed by atoms with van der Waals surface area (Å²) in [5, 5.41) is 3.37. The molecule has 2 aromatic rings. The van der Waals surface area contributed by atoms with Gasteiger partial charge in [-0.1, -0.05) is 26.0 Å². The molecular formula is C17H24N4O. The van der Waals surface area contributed by atoms with Crippen molar-refractivity contribution in [3.63, 3.8) is 0 Å². The highest BCUT2D eigenvalue weighted by Gasteiger charge is 2.14. The number of rotatable bonds is 7. The van der Waals surface area contributed by atoms with Gasteiger partial charge in [-0.15, -0.1) is 0 Å². The van der Waals surface area contributed by atoms with Gasteiger partial charge < -0.3 is 15.8 Å². The van der Waals surface area contributed by atoms with Crippen LogP contribution in [0.2, 0.25) is 0 Å². The van der Waals surface area contributed by atoms with Crippen molar-refractivity contribution < 1.29 is 4.74 Å². The van der Waals surface area contributed by atoms with E-state index in [1.54, 1.807) is 7.11 Å². The maximum Gasteiger partial charge on any atom is 0.131 e. The second-order valence-electron chi connectivity index (χ2n) is 5.41. The van der Waals surface area contributed by atoms with Gasteiger partial charge in [-0.05, 0) is 25.1 Å². The monoisotopic (exact) mass is 300 g/mol. The van der Waals surface area contributed by atoms with Gasteiger partial charge in [0.25, 0.3) is 0 Å². The first-order valence-electron chi connectivity index (χ1n) is 7.61. The van der Waals surface area contributed by atoms with Crippen LogP contribution in [0.3, 0.4) is 0 Å². The zero-order valence-corrected chi connectivity index (χ0v) is 13.5. The average Bonchev–Trinajstić information content (AvgIpc) is 2.55. The summed E-state index contributed by atoms with van der Waals surface area (Å²) in [7, 11) is 1.67. The SMILES string of the molecule is COc1ccccc1-c1nc(C(C)C)ncc1NCCCN. The number of ether oxygens (including phenoxy) is 1. The normalized spacial score (nSPS) is 10.8. The van der Waals surface area contributed by atoms with Crippen LogP contribution >= 0.6 is 0 Å². The first kappa shape index (κ1) is 16.2. The van der Waals surface area contributed by atoms with Gasteiger partial charge >= 0.3 is 0 Å². The number of hydrogen-bond acceptors (Lipinski definition) is 5. The molecule has 0 spiro atoms. The lowest BCUT2D eigenvalue weighted by atomic mass is 10.1. The van der Waals surface area contributed by atoms with Gasteiger partial charge in [0.2, 0.25) is 0 Å². The molecule has 0 aliphatic carbocycles. The summed E-state index contributed by atoms with van der Waals surface area (Å²) in [5.74, 6) is 1.90. The molecule has 1 aromatic carbocycles. The summed E-state index contributed by atoms with van der Waals surface area (Å²) < 4.78 is 5.47. The molecule has 118 valence electrons. The van der Waals surface area contributed by atoms with E-state index in [1.165, 1.54) is 0 Å². The van der Waals surface area contributed by atoms with Crippen LogP contribution in [-0.2, 0) is 0 Å². The quantitative estimate of drug-likeness (QED) is 0.769. The summed E-state index contributed by atoms with van der Waals surface area (Å²) in [4.78, 5) is 9.20. The van der Waals surface area contributed by atoms with Crippen molar-refractivity contribution in [2.75, 3.05) is 25.5 Å². The highest BCUT2D eigenvalue weighted by Crippen LogP contribution is 2.33. The topological polar surface area (TPSA) is 73.1 Å². The number of anilines is 1. The molecule has 0 fully saturated rings. The minimum atomic E-state index is 0.270. The zero-order chi connectivity index (χ0) is 15.9. The largest absolute Gasteiger partial charge is 0.496 e. The maximum absolute atomic E-state index is 5.56. The van der Waals surface area contributed by atoms with E-state index >= 15 is 0 Å². The molecule has 0 radical (unpaired) electrons. The van der Waals surface area contributed by atoms with Crippen molar-refractivity contribution in [2.45, 2.75) is 26.2 Å². The summed E-state index contributed by atoms with van der Waals surface area (Å²) in [6.45, 7) is 5.62. The minimum absolute atomic E-state index is 0.270. The van der Waals surface area contributed by atoms with E-state index in [0.29, 0.717) is 6.54 Å². The standard InChI is InChI=1S/C17H24N4O/c1-12(2)17-20-11-14(19-10-6-9-18)16(21-17)13-7-4-5-8-15(13)22-3/h4-5,7-8,11-12,19H,6,9-10,18H2,1-3H3. The summed E-state index contributed by atoms with van der Waals surface area (Å²) in [5.41, 5.74) is 8.30. The van der Waals surface area contributed by atoms with E-state index < -0.39 is 0 Å². The second kappa shape index (κ2) is 7.75. The Morgan fingerprint density at radius 1 is 1.27 bits per heavy atom. The molecule has 1 aromatic heterocycles. The fourth-order valence-corrected chi connectivity index (χ4v) is 2.17. The van der Waals surface area contributed by atoms with E-state index in [1.807, 2.05) is 30.5 Å². The Morgan fingerprint density at radius 2 is 2.05 bits per heavy atom. The molecule has 0 amide bonds. The molecule has 0 aliphatic heterocycles. The lowest BCUT2D eigenvalue weighted by Gasteiger charge is -2.15. The molecule has 5 heteroatoms. The molecule has 0 unspecified atom stereocenters. The molecule has 1 heterocycles. The Morgan fingerprint density at radius 3 is 2.73 bits per heavy atom. The number of benzene rings is 1. The summed E-state index contributed by atoms with van der Waals surface area (Å²) in [6.07, 6.45) is 2.75. The fourth-order valence-electron chi connectivity index (χ4n) is 2.17. The van der Waals surface area contributed by atoms with Crippen LogP contribution in [0.15, 0.2) is 30.5 Å². The molecule has 0 saturated carbocycles. The Hall–Kier alpha value is -2.14. The number of nitrogens with two attached hydrogens (primary N) is 1. The molecule has 5 nitrogen and oxygen atoms in total. The highest BCUT2D eigenvalue weighted by atomic mass is 16.5. The molecule has 0 aliphatic rings. The number of hydrogen-bond donors (Lipinski definition) is 2. The Bertz CT molecular complexity index is 613. The molecule has 0 saturated heterocycles. The van der Waals surface area contributed by atoms with Crippen LogP contribution in [0.25, 0.3) is 11.3 Å². The van der Waals surface area contributed by atoms with Crippen LogP contribution < -0.4 is 15.8 Å². The van der Waals surface area contributed by atoms with Crippen molar-refractivity contribution in [2.24, 2.45) is 5.73 Å². The van der Waals surface area contributed by atoms with Gasteiger partial charge in [0.15, 0.2) is 0 Å². The first-order chi connectivity index (χ1) is 10.7. The number of para-hydroxylation sites is 1. The van der Waals surface area contributed by atoms with Crippen molar-refractivity contribution in [1.82, 2.24) is 9.97 Å². The van der Waals surface area contributed by atoms with Gasteiger partial charge in [-0.2, -0.15) is 0 Å². The van der Waals surface area contributed by atoms with Gasteiger partial charge in [-0.3, -0.25) is 0 Å². The van der Waals surface area contributed by atoms with E-state index in [4.69, 9.17) is 15.5 Å². The lowest BCUT2D eigenvalue weighted by molar-refractivity contribution is 0.416. The first-order valence-corrected chi connectivity index (χ1v) is 7.61. The molecule has 22 heavy (non-hydrogen) atoms. The smallest absolute Gasteiger partial charge is 0.131 e. The van der Waals surface area contributed by atoms with Gasteiger partial charge in [-0.25, -0.2) is 9.97 Å². The zero-order valence-electron chi connectivity index (χ0n) is 13.5. The van der Waals surface area contributed by atoms with E-state index in [9.17, 15) is 0 Å². The molecule has 0 atom stereocenters. The number of nitrogens with zero attached hydrogens (tertiary/aromatic N) is 2. The third kappa shape index (κ3) is 3.74. The predicted octanol–water partition coefficient (Wildman–Crippen LogP) is 3.04. The number of nitrogens with one attached hydrogen (secondary N) is 1. The Balaban J connectivity index is 2.46. The van der Waals surface area contributed by atoms with Crippen molar-refractivity contribution in [3.05, 3.63) is 36.3 Å². The second-order valence-corrected chi connectivity index (χ2v) is 5.41. The van der Waals surface area contributed by atoms with Crippen LogP contribution in [0, 0.1) is 0 Å². The van der Waals surface area contributed by atoms with E-state index in [2.05, 4.69) is 24.1 Å². The van der Waals surface area contributed by atoms with Crippen LogP contribution in [0.5, 0.6) is 5.75 Å². The van der Waals surface area contributed by atoms with Gasteiger partial charge in [0.05, 0.1) is 19.0 Å². The van der Waals surface area contributed by atoms with Gasteiger partial charge in [0.1, 0.15) is 17.3 Å². The Kier molecular flexibility index (Phi) is 5.72. The highest BCUT2D eigenvalue weighted by molar-refractivity contribution is 5.78. The molecule has 0 bridgehead atoms.